The quantitative estimate of drug-likeness (QED) is 0.402. The summed E-state index contributed by atoms with van der Waals surface area (Å²) in [5, 5.41) is 0. The second-order valence-electron chi connectivity index (χ2n) is 5.50. The Bertz CT molecular complexity index is 223. The maximum Gasteiger partial charge on any atom is 0.466 e. The summed E-state index contributed by atoms with van der Waals surface area (Å²) in [7, 11) is -0.318. The van der Waals surface area contributed by atoms with Crippen molar-refractivity contribution >= 4 is 7.82 Å². The first kappa shape index (κ1) is 22.4. The van der Waals surface area contributed by atoms with Crippen LogP contribution in [0.2, 0.25) is 0 Å². The third-order valence-corrected chi connectivity index (χ3v) is 2.96. The molecule has 0 aliphatic heterocycles. The minimum Gasteiger partial charge on any atom is -0.309 e. The highest BCUT2D eigenvalue weighted by Crippen LogP contribution is 2.25. The van der Waals surface area contributed by atoms with Gasteiger partial charge in [-0.25, -0.2) is 4.57 Å². The molecule has 0 amide bonds. The van der Waals surface area contributed by atoms with Crippen LogP contribution in [0.3, 0.4) is 0 Å². The molecule has 0 aromatic heterocycles. The van der Waals surface area contributed by atoms with Gasteiger partial charge in [-0.2, -0.15) is 0 Å². The second-order valence-corrected chi connectivity index (χ2v) is 6.53. The van der Waals surface area contributed by atoms with Gasteiger partial charge in [-0.3, -0.25) is 0 Å². The summed E-state index contributed by atoms with van der Waals surface area (Å²) in [6.07, 6.45) is 14.4. The van der Waals surface area contributed by atoms with Crippen LogP contribution in [-0.2, 0) is 4.57 Å². The van der Waals surface area contributed by atoms with Crippen molar-refractivity contribution in [1.29, 1.82) is 0 Å². The van der Waals surface area contributed by atoms with Crippen LogP contribution in [0.15, 0.2) is 0 Å². The molecular weight excluding hydrogens is 277 g/mol. The molecule has 3 N–H and O–H groups in total. The molecular formula is C14H34NO4P. The zero-order valence-corrected chi connectivity index (χ0v) is 14.3. The highest BCUT2D eigenvalue weighted by atomic mass is 31.2. The van der Waals surface area contributed by atoms with Gasteiger partial charge in [0, 0.05) is 0 Å². The van der Waals surface area contributed by atoms with Gasteiger partial charge in [-0.1, -0.05) is 64.7 Å². The zero-order chi connectivity index (χ0) is 15.9. The molecule has 0 radical (unpaired) electrons. The number of rotatable bonds is 11. The maximum atomic E-state index is 8.88. The molecule has 0 spiro atoms. The topological polar surface area (TPSA) is 81.0 Å². The van der Waals surface area contributed by atoms with E-state index in [9.17, 15) is 0 Å². The molecule has 0 bridgehead atoms. The first-order valence-corrected chi connectivity index (χ1v) is 9.27. The number of hydrogen-bond donors (Lipinski definition) is 3. The average molecular weight is 311 g/mol. The molecule has 0 saturated carbocycles. The molecule has 0 aliphatic rings. The molecule has 0 unspecified atom stereocenters. The lowest BCUT2D eigenvalue weighted by Gasteiger charge is -2.08. The third kappa shape index (κ3) is 36.1. The Balaban J connectivity index is 0. The van der Waals surface area contributed by atoms with Gasteiger partial charge in [0.2, 0.25) is 0 Å². The predicted molar refractivity (Wildman–Crippen MR) is 84.7 cm³/mol. The molecule has 0 aromatic carbocycles. The lowest BCUT2D eigenvalue weighted by molar-refractivity contribution is 0.275. The fraction of sp³-hybridized carbons (Fsp3) is 1.00. The Hall–Kier alpha value is 0.0700. The van der Waals surface area contributed by atoms with Gasteiger partial charge >= 0.3 is 7.82 Å². The summed E-state index contributed by atoms with van der Waals surface area (Å²) < 4.78 is 8.88. The molecule has 5 nitrogen and oxygen atoms in total. The Kier molecular flexibility index (Phi) is 17.3. The summed E-state index contributed by atoms with van der Waals surface area (Å²) in [6.45, 7) is 3.54. The van der Waals surface area contributed by atoms with Crippen molar-refractivity contribution in [3.05, 3.63) is 0 Å². The first-order valence-electron chi connectivity index (χ1n) is 7.70. The lowest BCUT2D eigenvalue weighted by Crippen LogP contribution is -2.12. The predicted octanol–water partition coefficient (Wildman–Crippen LogP) is 3.54. The van der Waals surface area contributed by atoms with Gasteiger partial charge in [0.05, 0.1) is 0 Å². The smallest absolute Gasteiger partial charge is 0.309 e. The van der Waals surface area contributed by atoms with Crippen molar-refractivity contribution in [1.82, 2.24) is 4.90 Å². The van der Waals surface area contributed by atoms with Gasteiger partial charge in [0.25, 0.3) is 0 Å². The molecule has 0 heterocycles. The van der Waals surface area contributed by atoms with Gasteiger partial charge in [-0.15, -0.1) is 0 Å². The Morgan fingerprint density at radius 1 is 0.750 bits per heavy atom. The van der Waals surface area contributed by atoms with Crippen LogP contribution >= 0.6 is 7.82 Å². The van der Waals surface area contributed by atoms with E-state index in [1.54, 1.807) is 0 Å². The summed E-state index contributed by atoms with van der Waals surface area (Å²) in [5.41, 5.74) is 0. The number of phosphoric acid groups is 1. The average Bonchev–Trinajstić information content (AvgIpc) is 2.29. The highest BCUT2D eigenvalue weighted by Gasteiger charge is 2.00. The standard InChI is InChI=1S/C14H31N.H3O4P/c1-4-5-6-7-8-9-10-11-12-13-14-15(2)3;1-5(2,3)4/h4-14H2,1-3H3;(H3,1,2,3,4). The molecule has 0 fully saturated rings. The Labute approximate surface area is 124 Å². The number of hydrogen-bond acceptors (Lipinski definition) is 2. The lowest BCUT2D eigenvalue weighted by atomic mass is 10.1. The van der Waals surface area contributed by atoms with E-state index in [-0.39, 0.29) is 0 Å². The van der Waals surface area contributed by atoms with E-state index in [0.717, 1.165) is 0 Å². The van der Waals surface area contributed by atoms with E-state index < -0.39 is 7.82 Å². The maximum absolute atomic E-state index is 8.88. The largest absolute Gasteiger partial charge is 0.466 e. The molecule has 0 rings (SSSR count). The first-order chi connectivity index (χ1) is 9.27. The van der Waals surface area contributed by atoms with Crippen LogP contribution in [0.5, 0.6) is 0 Å². The van der Waals surface area contributed by atoms with Gasteiger partial charge in [0.15, 0.2) is 0 Å². The van der Waals surface area contributed by atoms with E-state index in [2.05, 4.69) is 25.9 Å². The van der Waals surface area contributed by atoms with Crippen molar-refractivity contribution in [2.24, 2.45) is 0 Å². The normalized spacial score (nSPS) is 11.3. The van der Waals surface area contributed by atoms with Crippen molar-refractivity contribution in [3.8, 4) is 0 Å². The molecule has 20 heavy (non-hydrogen) atoms. The third-order valence-electron chi connectivity index (χ3n) is 2.96. The summed E-state index contributed by atoms with van der Waals surface area (Å²) in [5.74, 6) is 0. The van der Waals surface area contributed by atoms with E-state index >= 15 is 0 Å². The van der Waals surface area contributed by atoms with Crippen LogP contribution in [0.25, 0.3) is 0 Å². The van der Waals surface area contributed by atoms with E-state index in [1.165, 1.54) is 70.8 Å². The molecule has 0 aliphatic carbocycles. The van der Waals surface area contributed by atoms with Crippen molar-refractivity contribution in [3.63, 3.8) is 0 Å². The van der Waals surface area contributed by atoms with Crippen LogP contribution in [0.1, 0.15) is 71.1 Å². The fourth-order valence-corrected chi connectivity index (χ4v) is 1.92. The molecule has 0 aromatic rings. The minimum absolute atomic E-state index is 1.26. The molecule has 124 valence electrons. The van der Waals surface area contributed by atoms with Crippen molar-refractivity contribution in [2.45, 2.75) is 71.1 Å². The summed E-state index contributed by atoms with van der Waals surface area (Å²) in [6, 6.07) is 0. The highest BCUT2D eigenvalue weighted by molar-refractivity contribution is 7.45. The number of nitrogens with zero attached hydrogens (tertiary/aromatic N) is 1. The fourth-order valence-electron chi connectivity index (χ4n) is 1.92. The number of unbranched alkanes of at least 4 members (excludes halogenated alkanes) is 9. The monoisotopic (exact) mass is 311 g/mol. The minimum atomic E-state index is -4.64. The SMILES string of the molecule is CCCCCCCCCCCCN(C)C.O=P(O)(O)O. The second kappa shape index (κ2) is 15.5. The van der Waals surface area contributed by atoms with Gasteiger partial charge in [-0.05, 0) is 27.1 Å². The van der Waals surface area contributed by atoms with E-state index in [4.69, 9.17) is 19.2 Å². The van der Waals surface area contributed by atoms with E-state index in [0.29, 0.717) is 0 Å². The Morgan fingerprint density at radius 2 is 1.05 bits per heavy atom. The van der Waals surface area contributed by atoms with E-state index in [1.807, 2.05) is 0 Å². The molecule has 0 saturated heterocycles. The summed E-state index contributed by atoms with van der Waals surface area (Å²) in [4.78, 5) is 23.8. The zero-order valence-electron chi connectivity index (χ0n) is 13.4. The molecule has 6 heteroatoms. The van der Waals surface area contributed by atoms with Crippen LogP contribution in [-0.4, -0.2) is 40.2 Å². The van der Waals surface area contributed by atoms with Crippen LogP contribution < -0.4 is 0 Å². The van der Waals surface area contributed by atoms with Crippen LogP contribution in [0.4, 0.5) is 0 Å². The Morgan fingerprint density at radius 3 is 1.35 bits per heavy atom. The van der Waals surface area contributed by atoms with Crippen LogP contribution in [0, 0.1) is 0 Å². The van der Waals surface area contributed by atoms with Crippen molar-refractivity contribution < 1.29 is 19.2 Å². The van der Waals surface area contributed by atoms with Crippen molar-refractivity contribution in [2.75, 3.05) is 20.6 Å². The van der Waals surface area contributed by atoms with Gasteiger partial charge < -0.3 is 19.6 Å². The summed E-state index contributed by atoms with van der Waals surface area (Å²) >= 11 is 0. The molecule has 0 atom stereocenters. The van der Waals surface area contributed by atoms with Gasteiger partial charge in [0.1, 0.15) is 0 Å².